The van der Waals surface area contributed by atoms with Crippen molar-refractivity contribution in [3.8, 4) is 18.1 Å². The van der Waals surface area contributed by atoms with Crippen LogP contribution >= 0.6 is 0 Å². The van der Waals surface area contributed by atoms with Gasteiger partial charge in [-0.25, -0.2) is 4.79 Å². The lowest BCUT2D eigenvalue weighted by Gasteiger charge is -2.24. The van der Waals surface area contributed by atoms with Crippen molar-refractivity contribution in [2.24, 2.45) is 0 Å². The van der Waals surface area contributed by atoms with E-state index in [4.69, 9.17) is 15.9 Å². The van der Waals surface area contributed by atoms with Crippen LogP contribution in [-0.2, 0) is 10.2 Å². The van der Waals surface area contributed by atoms with Gasteiger partial charge in [-0.05, 0) is 58.4 Å². The van der Waals surface area contributed by atoms with Gasteiger partial charge in [-0.1, -0.05) is 5.92 Å². The Morgan fingerprint density at radius 2 is 1.86 bits per heavy atom. The van der Waals surface area contributed by atoms with Gasteiger partial charge < -0.3 is 9.47 Å². The zero-order valence-electron chi connectivity index (χ0n) is 13.5. The number of ether oxygens (including phenoxy) is 2. The van der Waals surface area contributed by atoms with Crippen LogP contribution in [0.1, 0.15) is 40.2 Å². The number of anilines is 1. The fourth-order valence-corrected chi connectivity index (χ4v) is 1.77. The number of rotatable bonds is 3. The van der Waals surface area contributed by atoms with Gasteiger partial charge >= 0.3 is 6.09 Å². The molecule has 0 aliphatic rings. The largest absolute Gasteiger partial charge is 0.497 e. The predicted octanol–water partition coefficient (Wildman–Crippen LogP) is 3.95. The first-order chi connectivity index (χ1) is 9.59. The predicted molar refractivity (Wildman–Crippen MR) is 84.7 cm³/mol. The summed E-state index contributed by atoms with van der Waals surface area (Å²) in [7, 11) is 1.59. The molecule has 1 aromatic rings. The van der Waals surface area contributed by atoms with E-state index < -0.39 is 17.1 Å². The van der Waals surface area contributed by atoms with Crippen LogP contribution in [0.3, 0.4) is 0 Å². The van der Waals surface area contributed by atoms with Crippen molar-refractivity contribution >= 4 is 11.8 Å². The van der Waals surface area contributed by atoms with Crippen LogP contribution in [0.5, 0.6) is 5.75 Å². The van der Waals surface area contributed by atoms with Crippen molar-refractivity contribution in [3.63, 3.8) is 0 Å². The van der Waals surface area contributed by atoms with Gasteiger partial charge in [0, 0.05) is 5.69 Å². The second-order valence-electron chi connectivity index (χ2n) is 6.31. The maximum absolute atomic E-state index is 11.9. The van der Waals surface area contributed by atoms with Crippen LogP contribution in [-0.4, -0.2) is 18.8 Å². The van der Waals surface area contributed by atoms with E-state index in [2.05, 4.69) is 11.2 Å². The molecule has 1 N–H and O–H groups in total. The van der Waals surface area contributed by atoms with Crippen molar-refractivity contribution in [2.75, 3.05) is 12.4 Å². The fraction of sp³-hybridized carbons (Fsp3) is 0.471. The summed E-state index contributed by atoms with van der Waals surface area (Å²) >= 11 is 0. The highest BCUT2D eigenvalue weighted by Gasteiger charge is 2.24. The van der Waals surface area contributed by atoms with E-state index in [1.54, 1.807) is 19.2 Å². The average Bonchev–Trinajstić information content (AvgIpc) is 2.36. The van der Waals surface area contributed by atoms with E-state index in [1.807, 2.05) is 40.7 Å². The molecule has 0 aliphatic heterocycles. The van der Waals surface area contributed by atoms with Crippen LogP contribution in [0, 0.1) is 12.3 Å². The highest BCUT2D eigenvalue weighted by atomic mass is 16.6. The summed E-state index contributed by atoms with van der Waals surface area (Å²) in [6.07, 6.45) is 5.08. The number of carbonyl (C=O) groups is 1. The van der Waals surface area contributed by atoms with Crippen molar-refractivity contribution in [3.05, 3.63) is 23.8 Å². The van der Waals surface area contributed by atoms with Gasteiger partial charge in [-0.2, -0.15) is 0 Å². The molecular formula is C17H23NO3. The topological polar surface area (TPSA) is 47.6 Å². The summed E-state index contributed by atoms with van der Waals surface area (Å²) < 4.78 is 10.5. The first kappa shape index (κ1) is 16.9. The maximum Gasteiger partial charge on any atom is 0.412 e. The van der Waals surface area contributed by atoms with E-state index in [9.17, 15) is 4.79 Å². The molecule has 0 heterocycles. The molecule has 4 heteroatoms. The van der Waals surface area contributed by atoms with Gasteiger partial charge in [0.2, 0.25) is 0 Å². The Bertz CT molecular complexity index is 562. The molecule has 0 saturated heterocycles. The van der Waals surface area contributed by atoms with Crippen LogP contribution in [0.2, 0.25) is 0 Å². The Balaban J connectivity index is 3.13. The van der Waals surface area contributed by atoms with Gasteiger partial charge in [0.05, 0.1) is 12.5 Å². The molecule has 1 aromatic carbocycles. The number of hydrogen-bond donors (Lipinski definition) is 1. The molecule has 0 aromatic heterocycles. The summed E-state index contributed by atoms with van der Waals surface area (Å²) in [5, 5.41) is 2.75. The summed E-state index contributed by atoms with van der Waals surface area (Å²) in [5.74, 6) is 3.41. The van der Waals surface area contributed by atoms with Gasteiger partial charge in [0.1, 0.15) is 11.4 Å². The molecule has 0 aliphatic carbocycles. The molecular weight excluding hydrogens is 266 g/mol. The van der Waals surface area contributed by atoms with Crippen LogP contribution in [0.15, 0.2) is 18.2 Å². The molecule has 0 fully saturated rings. The standard InChI is InChI=1S/C17H23NO3/c1-8-17(5,6)13-11-12(20-7)9-10-14(13)18-15(19)21-16(2,3)4/h1,9-11H,2-7H3,(H,18,19). The third-order valence-corrected chi connectivity index (χ3v) is 2.90. The lowest BCUT2D eigenvalue weighted by Crippen LogP contribution is -2.28. The molecule has 0 radical (unpaired) electrons. The number of carbonyl (C=O) groups excluding carboxylic acids is 1. The molecule has 1 rings (SSSR count). The number of hydrogen-bond acceptors (Lipinski definition) is 3. The van der Waals surface area contributed by atoms with Gasteiger partial charge in [0.25, 0.3) is 0 Å². The van der Waals surface area contributed by atoms with Gasteiger partial charge in [0.15, 0.2) is 0 Å². The number of amides is 1. The third kappa shape index (κ3) is 4.71. The highest BCUT2D eigenvalue weighted by Crippen LogP contribution is 2.33. The van der Waals surface area contributed by atoms with Gasteiger partial charge in [-0.15, -0.1) is 6.42 Å². The van der Waals surface area contributed by atoms with Crippen molar-refractivity contribution < 1.29 is 14.3 Å². The van der Waals surface area contributed by atoms with Crippen molar-refractivity contribution in [1.29, 1.82) is 0 Å². The second kappa shape index (κ2) is 6.09. The highest BCUT2D eigenvalue weighted by molar-refractivity contribution is 5.86. The zero-order chi connectivity index (χ0) is 16.3. The molecule has 0 saturated carbocycles. The van der Waals surface area contributed by atoms with Crippen LogP contribution in [0.4, 0.5) is 10.5 Å². The molecule has 1 amide bonds. The Hall–Kier alpha value is -2.15. The number of nitrogens with one attached hydrogen (secondary N) is 1. The smallest absolute Gasteiger partial charge is 0.412 e. The summed E-state index contributed by atoms with van der Waals surface area (Å²) in [6, 6.07) is 5.35. The van der Waals surface area contributed by atoms with E-state index in [1.165, 1.54) is 0 Å². The minimum absolute atomic E-state index is 0.512. The van der Waals surface area contributed by atoms with E-state index >= 15 is 0 Å². The first-order valence-corrected chi connectivity index (χ1v) is 6.75. The average molecular weight is 289 g/mol. The number of methoxy groups -OCH3 is 1. The quantitative estimate of drug-likeness (QED) is 0.857. The lowest BCUT2D eigenvalue weighted by atomic mass is 9.84. The summed E-state index contributed by atoms with van der Waals surface area (Å²) in [6.45, 7) is 9.25. The van der Waals surface area contributed by atoms with E-state index in [0.717, 1.165) is 5.56 Å². The Morgan fingerprint density at radius 1 is 1.24 bits per heavy atom. The van der Waals surface area contributed by atoms with Crippen LogP contribution < -0.4 is 10.1 Å². The Morgan fingerprint density at radius 3 is 2.33 bits per heavy atom. The van der Waals surface area contributed by atoms with E-state index in [0.29, 0.717) is 11.4 Å². The normalized spacial score (nSPS) is 11.5. The molecule has 4 nitrogen and oxygen atoms in total. The number of terminal acetylenes is 1. The summed E-state index contributed by atoms with van der Waals surface area (Å²) in [4.78, 5) is 11.9. The second-order valence-corrected chi connectivity index (χ2v) is 6.31. The minimum atomic E-state index is -0.557. The molecule has 114 valence electrons. The summed E-state index contributed by atoms with van der Waals surface area (Å²) in [5.41, 5.74) is 0.320. The SMILES string of the molecule is C#CC(C)(C)c1cc(OC)ccc1NC(=O)OC(C)(C)C. The molecule has 0 atom stereocenters. The Kier molecular flexibility index (Phi) is 4.90. The zero-order valence-corrected chi connectivity index (χ0v) is 13.5. The maximum atomic E-state index is 11.9. The van der Waals surface area contributed by atoms with Crippen LogP contribution in [0.25, 0.3) is 0 Å². The van der Waals surface area contributed by atoms with Crippen molar-refractivity contribution in [1.82, 2.24) is 0 Å². The molecule has 0 spiro atoms. The molecule has 0 unspecified atom stereocenters. The number of benzene rings is 1. The van der Waals surface area contributed by atoms with E-state index in [-0.39, 0.29) is 0 Å². The molecule has 0 bridgehead atoms. The van der Waals surface area contributed by atoms with Gasteiger partial charge in [-0.3, -0.25) is 5.32 Å². The third-order valence-electron chi connectivity index (χ3n) is 2.90. The fourth-order valence-electron chi connectivity index (χ4n) is 1.77. The Labute approximate surface area is 126 Å². The molecule has 21 heavy (non-hydrogen) atoms. The monoisotopic (exact) mass is 289 g/mol. The minimum Gasteiger partial charge on any atom is -0.497 e. The lowest BCUT2D eigenvalue weighted by molar-refractivity contribution is 0.0635. The van der Waals surface area contributed by atoms with Crippen molar-refractivity contribution in [2.45, 2.75) is 45.6 Å². The first-order valence-electron chi connectivity index (χ1n) is 6.75.